The van der Waals surface area contributed by atoms with Crippen molar-refractivity contribution in [3.8, 4) is 0 Å². The molecule has 1 heterocycles. The van der Waals surface area contributed by atoms with Crippen LogP contribution < -0.4 is 5.73 Å². The molecule has 1 fully saturated rings. The Labute approximate surface area is 220 Å². The summed E-state index contributed by atoms with van der Waals surface area (Å²) in [7, 11) is 0. The van der Waals surface area contributed by atoms with Gasteiger partial charge in [0.25, 0.3) is 0 Å². The predicted molar refractivity (Wildman–Crippen MR) is 131 cm³/mol. The molecule has 0 amide bonds. The monoisotopic (exact) mass is 519 g/mol. The minimum atomic E-state index is -1.55. The second kappa shape index (κ2) is 11.0. The third-order valence-electron chi connectivity index (χ3n) is 4.99. The van der Waals surface area contributed by atoms with Gasteiger partial charge in [-0.25, -0.2) is 0 Å². The normalized spacial score (nSPS) is 27.0. The lowest BCUT2D eigenvalue weighted by molar-refractivity contribution is -0.259. The summed E-state index contributed by atoms with van der Waals surface area (Å²) < 4.78 is 58.9. The molecule has 0 aromatic heterocycles. The Hall–Kier alpha value is -2.20. The number of nitrogens with two attached hydrogens (primary N) is 1. The van der Waals surface area contributed by atoms with Crippen LogP contribution in [0.3, 0.4) is 0 Å². The van der Waals surface area contributed by atoms with E-state index in [0.29, 0.717) is 0 Å². The van der Waals surface area contributed by atoms with Gasteiger partial charge in [-0.05, 0) is 83.0 Å². The number of ether oxygens (including phenoxy) is 5. The topological polar surface area (TPSA) is 140 Å². The number of rotatable bonds is 5. The fourth-order valence-electron chi connectivity index (χ4n) is 2.69. The molecule has 2 N–H and O–H groups in total. The first kappa shape index (κ1) is 25.4. The summed E-state index contributed by atoms with van der Waals surface area (Å²) in [5.41, 5.74) is 1.22. The van der Waals surface area contributed by atoms with Gasteiger partial charge >= 0.3 is 23.9 Å². The van der Waals surface area contributed by atoms with Crippen molar-refractivity contribution in [2.75, 3.05) is 6.61 Å². The van der Waals surface area contributed by atoms with Crippen LogP contribution in [0.5, 0.6) is 0 Å². The van der Waals surface area contributed by atoms with Gasteiger partial charge < -0.3 is 29.4 Å². The van der Waals surface area contributed by atoms with E-state index in [0.717, 1.165) is 0 Å². The van der Waals surface area contributed by atoms with E-state index >= 15 is 0 Å². The Balaban J connectivity index is 3.60. The first-order valence-corrected chi connectivity index (χ1v) is 11.6. The Bertz CT molecular complexity index is 926. The molecule has 1 saturated heterocycles. The van der Waals surface area contributed by atoms with Crippen molar-refractivity contribution in [3.05, 3.63) is 0 Å². The Morgan fingerprint density at radius 3 is 1.44 bits per heavy atom. The molecule has 0 aromatic carbocycles. The van der Waals surface area contributed by atoms with Gasteiger partial charge in [-0.15, -0.1) is 0 Å². The molecule has 208 valence electrons. The fraction of sp³-hybridized carbons (Fsp3) is 0.846. The van der Waals surface area contributed by atoms with Gasteiger partial charge in [0.2, 0.25) is 0 Å². The van der Waals surface area contributed by atoms with Crippen molar-refractivity contribution < 1.29 is 48.3 Å². The maximum absolute atomic E-state index is 13.1. The van der Waals surface area contributed by atoms with E-state index in [1.54, 1.807) is 0 Å². The number of hydrogen-bond donors (Lipinski definition) is 1. The summed E-state index contributed by atoms with van der Waals surface area (Å²) in [5, 5.41) is 0. The number of hydrogen-bond acceptors (Lipinski definition) is 10. The first-order chi connectivity index (χ1) is 18.2. The highest BCUT2D eigenvalue weighted by atomic mass is 16.7. The average Bonchev–Trinajstić information content (AvgIpc) is 2.89. The standard InChI is InChI=1S/C26H45NO9/c1-23(2,3)19(28)32-13-14-15(34-20(29)24(4,5)6)16(35-21(30)25(7,8)9)17(18(27)33-14)36-22(31)26(10,11)12/h14-18H,13,27H2,1-12H3/t14-,15-,16+,17-,18?/m1/s1/i1D,4D,7D,10D. The highest BCUT2D eigenvalue weighted by molar-refractivity contribution is 5.78. The van der Waals surface area contributed by atoms with Crippen LogP contribution in [-0.2, 0) is 42.9 Å². The minimum absolute atomic E-state index is 0.265. The lowest BCUT2D eigenvalue weighted by atomic mass is 9.92. The smallest absolute Gasteiger partial charge is 0.311 e. The molecule has 0 spiro atoms. The van der Waals surface area contributed by atoms with E-state index in [-0.39, 0.29) is 27.6 Å². The Morgan fingerprint density at radius 2 is 1.03 bits per heavy atom. The van der Waals surface area contributed by atoms with Crippen molar-refractivity contribution >= 4 is 23.9 Å². The van der Waals surface area contributed by atoms with Gasteiger partial charge in [0.15, 0.2) is 18.3 Å². The van der Waals surface area contributed by atoms with Crippen LogP contribution in [0.15, 0.2) is 0 Å². The molecule has 1 rings (SSSR count). The van der Waals surface area contributed by atoms with Gasteiger partial charge in [-0.2, -0.15) is 0 Å². The van der Waals surface area contributed by atoms with Crippen molar-refractivity contribution in [1.82, 2.24) is 0 Å². The molecule has 36 heavy (non-hydrogen) atoms. The molecule has 0 aliphatic carbocycles. The molecule has 0 radical (unpaired) electrons. The summed E-state index contributed by atoms with van der Waals surface area (Å²) in [6, 6.07) is 0. The van der Waals surface area contributed by atoms with Crippen molar-refractivity contribution in [3.63, 3.8) is 0 Å². The molecule has 0 saturated carbocycles. The van der Waals surface area contributed by atoms with Crippen LogP contribution in [0.25, 0.3) is 0 Å². The molecular formula is C26H45NO9. The van der Waals surface area contributed by atoms with Crippen molar-refractivity contribution in [2.24, 2.45) is 27.4 Å². The molecule has 5 atom stereocenters. The Morgan fingerprint density at radius 1 is 0.667 bits per heavy atom. The van der Waals surface area contributed by atoms with Crippen molar-refractivity contribution in [2.45, 2.75) is 114 Å². The second-order valence-corrected chi connectivity index (χ2v) is 11.9. The van der Waals surface area contributed by atoms with Crippen LogP contribution in [-0.4, -0.2) is 61.1 Å². The lowest BCUT2D eigenvalue weighted by Gasteiger charge is -2.45. The van der Waals surface area contributed by atoms with Crippen LogP contribution in [0.2, 0.25) is 0 Å². The Kier molecular flexibility index (Phi) is 7.81. The SMILES string of the molecule is [2H]CC(C)(C)C(=O)OC[C@H]1OC(N)[C@H](OC(=O)C(C)(C)C[2H])[C@@H](OC(=O)C(C)(C)C[2H])[C@@H]1OC(=O)C(C)(C)C[2H]. The van der Waals surface area contributed by atoms with E-state index < -0.39 is 82.8 Å². The molecular weight excluding hydrogens is 470 g/mol. The van der Waals surface area contributed by atoms with E-state index in [9.17, 15) is 19.2 Å². The summed E-state index contributed by atoms with van der Waals surface area (Å²) in [6.45, 7) is 10.1. The molecule has 0 bridgehead atoms. The third kappa shape index (κ3) is 8.73. The first-order valence-electron chi connectivity index (χ1n) is 14.4. The zero-order chi connectivity index (χ0) is 31.3. The molecule has 0 aromatic rings. The van der Waals surface area contributed by atoms with Crippen LogP contribution in [0.4, 0.5) is 0 Å². The maximum atomic E-state index is 13.1. The van der Waals surface area contributed by atoms with E-state index in [1.807, 2.05) is 0 Å². The largest absolute Gasteiger partial charge is 0.462 e. The highest BCUT2D eigenvalue weighted by Crippen LogP contribution is 2.32. The van der Waals surface area contributed by atoms with Gasteiger partial charge in [0, 0.05) is 5.48 Å². The third-order valence-corrected chi connectivity index (χ3v) is 4.99. The predicted octanol–water partition coefficient (Wildman–Crippen LogP) is 3.13. The molecule has 1 aliphatic heterocycles. The van der Waals surface area contributed by atoms with E-state index in [2.05, 4.69) is 0 Å². The molecule has 1 aliphatic rings. The van der Waals surface area contributed by atoms with Gasteiger partial charge in [0.05, 0.1) is 21.7 Å². The van der Waals surface area contributed by atoms with E-state index in [1.165, 1.54) is 55.4 Å². The van der Waals surface area contributed by atoms with E-state index in [4.69, 9.17) is 34.9 Å². The number of carbonyl (C=O) groups excluding carboxylic acids is 4. The zero-order valence-corrected chi connectivity index (χ0v) is 22.7. The summed E-state index contributed by atoms with van der Waals surface area (Å²) in [4.78, 5) is 51.7. The van der Waals surface area contributed by atoms with Crippen LogP contribution in [0, 0.1) is 21.7 Å². The second-order valence-electron chi connectivity index (χ2n) is 11.9. The molecule has 10 nitrogen and oxygen atoms in total. The van der Waals surface area contributed by atoms with Crippen molar-refractivity contribution in [1.29, 1.82) is 0 Å². The average molecular weight is 520 g/mol. The van der Waals surface area contributed by atoms with Crippen LogP contribution in [0.1, 0.15) is 88.5 Å². The minimum Gasteiger partial charge on any atom is -0.462 e. The molecule has 10 heteroatoms. The number of esters is 4. The fourth-order valence-corrected chi connectivity index (χ4v) is 2.69. The highest BCUT2D eigenvalue weighted by Gasteiger charge is 2.53. The molecule has 1 unspecified atom stereocenters. The summed E-state index contributed by atoms with van der Waals surface area (Å²) in [6.07, 6.45) is -7.29. The van der Waals surface area contributed by atoms with Gasteiger partial charge in [0.1, 0.15) is 18.9 Å². The van der Waals surface area contributed by atoms with Crippen LogP contribution >= 0.6 is 0 Å². The zero-order valence-electron chi connectivity index (χ0n) is 26.7. The maximum Gasteiger partial charge on any atom is 0.311 e. The summed E-state index contributed by atoms with van der Waals surface area (Å²) >= 11 is 0. The summed E-state index contributed by atoms with van der Waals surface area (Å²) in [5.74, 6) is -3.29. The van der Waals surface area contributed by atoms with Gasteiger partial charge in [-0.3, -0.25) is 19.2 Å². The lowest BCUT2D eigenvalue weighted by Crippen LogP contribution is -2.65. The quantitative estimate of drug-likeness (QED) is 0.425. The number of carbonyl (C=O) groups is 4. The van der Waals surface area contributed by atoms with Gasteiger partial charge in [-0.1, -0.05) is 0 Å².